The Kier molecular flexibility index (Phi) is 28.3. The third kappa shape index (κ3) is 28.3. The molecule has 0 spiro atoms. The average Bonchev–Trinajstić information content (AvgIpc) is 2.94. The first-order valence-corrected chi connectivity index (χ1v) is 17.0. The van der Waals surface area contributed by atoms with Crippen molar-refractivity contribution >= 4 is 13.8 Å². The summed E-state index contributed by atoms with van der Waals surface area (Å²) in [5.41, 5.74) is 5.31. The summed E-state index contributed by atoms with van der Waals surface area (Å²) in [7, 11) is -4.26. The Morgan fingerprint density at radius 2 is 1.40 bits per heavy atom. The molecule has 8 nitrogen and oxygen atoms in total. The number of allylic oxidation sites excluding steroid dienone is 6. The van der Waals surface area contributed by atoms with Crippen LogP contribution in [0.2, 0.25) is 0 Å². The molecule has 0 radical (unpaired) electrons. The molecule has 0 aromatic rings. The first kappa shape index (κ1) is 38.7. The maximum Gasteiger partial charge on any atom is 0.472 e. The van der Waals surface area contributed by atoms with Crippen LogP contribution in [0.25, 0.3) is 0 Å². The van der Waals surface area contributed by atoms with Crippen molar-refractivity contribution in [3.63, 3.8) is 0 Å². The van der Waals surface area contributed by atoms with E-state index in [1.54, 1.807) is 0 Å². The van der Waals surface area contributed by atoms with Gasteiger partial charge in [0.1, 0.15) is 6.10 Å². The van der Waals surface area contributed by atoms with Crippen molar-refractivity contribution in [1.82, 2.24) is 0 Å². The molecule has 0 aromatic carbocycles. The summed E-state index contributed by atoms with van der Waals surface area (Å²) in [6, 6.07) is 0. The van der Waals surface area contributed by atoms with Gasteiger partial charge < -0.3 is 20.1 Å². The maximum atomic E-state index is 12.4. The Balaban J connectivity index is 4.15. The van der Waals surface area contributed by atoms with E-state index >= 15 is 0 Å². The van der Waals surface area contributed by atoms with Crippen LogP contribution in [0.5, 0.6) is 0 Å². The summed E-state index contributed by atoms with van der Waals surface area (Å²) < 4.78 is 32.9. The second-order valence-electron chi connectivity index (χ2n) is 9.94. The number of hydrogen-bond donors (Lipinski definition) is 2. The molecule has 3 N–H and O–H groups in total. The van der Waals surface area contributed by atoms with E-state index in [0.717, 1.165) is 70.6 Å². The minimum atomic E-state index is -4.26. The van der Waals surface area contributed by atoms with Crippen LogP contribution in [0.4, 0.5) is 0 Å². The lowest BCUT2D eigenvalue weighted by Gasteiger charge is -2.20. The topological polar surface area (TPSA) is 117 Å². The fourth-order valence-electron chi connectivity index (χ4n) is 3.83. The average molecular weight is 588 g/mol. The van der Waals surface area contributed by atoms with Crippen molar-refractivity contribution in [3.05, 3.63) is 36.5 Å². The van der Waals surface area contributed by atoms with Gasteiger partial charge in [0.25, 0.3) is 0 Å². The molecule has 2 unspecified atom stereocenters. The third-order valence-corrected chi connectivity index (χ3v) is 7.06. The fourth-order valence-corrected chi connectivity index (χ4v) is 4.60. The predicted octanol–water partition coefficient (Wildman–Crippen LogP) is 7.96. The van der Waals surface area contributed by atoms with E-state index in [1.807, 2.05) is 0 Å². The van der Waals surface area contributed by atoms with E-state index < -0.39 is 13.9 Å². The second kappa shape index (κ2) is 29.2. The molecular formula is C31H58NO7P. The number of hydrogen-bond acceptors (Lipinski definition) is 7. The minimum absolute atomic E-state index is 0.0966. The molecule has 2 atom stereocenters. The monoisotopic (exact) mass is 587 g/mol. The predicted molar refractivity (Wildman–Crippen MR) is 164 cm³/mol. The highest BCUT2D eigenvalue weighted by molar-refractivity contribution is 7.47. The first-order valence-electron chi connectivity index (χ1n) is 15.5. The van der Waals surface area contributed by atoms with Gasteiger partial charge in [0.05, 0.1) is 19.8 Å². The lowest BCUT2D eigenvalue weighted by Crippen LogP contribution is -2.28. The zero-order valence-electron chi connectivity index (χ0n) is 25.3. The van der Waals surface area contributed by atoms with E-state index in [0.29, 0.717) is 13.0 Å². The lowest BCUT2D eigenvalue weighted by atomic mass is 10.1. The van der Waals surface area contributed by atoms with Gasteiger partial charge in [-0.25, -0.2) is 4.57 Å². The molecule has 0 aliphatic rings. The number of phosphoric acid groups is 1. The van der Waals surface area contributed by atoms with Crippen LogP contribution in [0.3, 0.4) is 0 Å². The molecule has 234 valence electrons. The SMILES string of the molecule is CC/C=C\C/C=C\C/C=C\CCCCCCCC(=O)OC(COCCCCCCCC)COP(=O)(O)OCCN. The standard InChI is InChI=1S/C31H58NO7P/c1-3-5-7-9-11-12-13-14-15-16-17-18-19-20-22-24-31(33)39-30(29-38-40(34,35)37-27-25-32)28-36-26-23-21-10-8-6-4-2/h5,7,11-12,14-15,30H,3-4,6,8-10,13,16-29,32H2,1-2H3,(H,34,35)/b7-5-,12-11-,15-14-. The van der Waals surface area contributed by atoms with E-state index in [9.17, 15) is 14.3 Å². The molecule has 0 saturated carbocycles. The maximum absolute atomic E-state index is 12.4. The Labute approximate surface area is 244 Å². The fraction of sp³-hybridized carbons (Fsp3) is 0.774. The molecule has 40 heavy (non-hydrogen) atoms. The first-order chi connectivity index (χ1) is 19.4. The summed E-state index contributed by atoms with van der Waals surface area (Å²) in [5.74, 6) is -0.353. The van der Waals surface area contributed by atoms with Gasteiger partial charge in [-0.2, -0.15) is 0 Å². The summed E-state index contributed by atoms with van der Waals surface area (Å²) in [5, 5.41) is 0. The van der Waals surface area contributed by atoms with Crippen LogP contribution in [0, 0.1) is 0 Å². The number of unbranched alkanes of at least 4 members (excludes halogenated alkanes) is 10. The molecule has 0 heterocycles. The van der Waals surface area contributed by atoms with Gasteiger partial charge in [-0.3, -0.25) is 13.8 Å². The molecule has 0 aliphatic heterocycles. The van der Waals surface area contributed by atoms with Crippen molar-refractivity contribution in [2.45, 2.75) is 123 Å². The van der Waals surface area contributed by atoms with Gasteiger partial charge in [0.15, 0.2) is 0 Å². The number of esters is 1. The number of ether oxygens (including phenoxy) is 2. The summed E-state index contributed by atoms with van der Waals surface area (Å²) >= 11 is 0. The smallest absolute Gasteiger partial charge is 0.457 e. The van der Waals surface area contributed by atoms with Crippen LogP contribution in [-0.2, 0) is 27.9 Å². The molecule has 0 aromatic heterocycles. The number of carbonyl (C=O) groups excluding carboxylic acids is 1. The van der Waals surface area contributed by atoms with E-state index in [1.165, 1.54) is 25.7 Å². The molecule has 0 fully saturated rings. The van der Waals surface area contributed by atoms with Crippen molar-refractivity contribution in [1.29, 1.82) is 0 Å². The lowest BCUT2D eigenvalue weighted by molar-refractivity contribution is -0.154. The minimum Gasteiger partial charge on any atom is -0.457 e. The Morgan fingerprint density at radius 1 is 0.775 bits per heavy atom. The van der Waals surface area contributed by atoms with Crippen molar-refractivity contribution in [2.75, 3.05) is 33.0 Å². The molecule has 0 amide bonds. The molecule has 9 heteroatoms. The number of rotatable bonds is 29. The largest absolute Gasteiger partial charge is 0.472 e. The molecule has 0 bridgehead atoms. The van der Waals surface area contributed by atoms with E-state index in [2.05, 4.69) is 50.3 Å². The van der Waals surface area contributed by atoms with Crippen molar-refractivity contribution < 1.29 is 32.8 Å². The highest BCUT2D eigenvalue weighted by atomic mass is 31.2. The molecule has 0 saturated heterocycles. The van der Waals surface area contributed by atoms with Crippen LogP contribution < -0.4 is 5.73 Å². The van der Waals surface area contributed by atoms with Gasteiger partial charge in [-0.15, -0.1) is 0 Å². The molecular weight excluding hydrogens is 529 g/mol. The van der Waals surface area contributed by atoms with E-state index in [4.69, 9.17) is 24.3 Å². The number of phosphoric ester groups is 1. The second-order valence-corrected chi connectivity index (χ2v) is 11.4. The van der Waals surface area contributed by atoms with Gasteiger partial charge in [-0.05, 0) is 44.9 Å². The highest BCUT2D eigenvalue weighted by Crippen LogP contribution is 2.43. The van der Waals surface area contributed by atoms with Crippen molar-refractivity contribution in [2.24, 2.45) is 5.73 Å². The van der Waals surface area contributed by atoms with Gasteiger partial charge >= 0.3 is 13.8 Å². The quantitative estimate of drug-likeness (QED) is 0.0392. The van der Waals surface area contributed by atoms with Crippen LogP contribution in [-0.4, -0.2) is 49.9 Å². The summed E-state index contributed by atoms with van der Waals surface area (Å²) in [6.07, 6.45) is 28.8. The van der Waals surface area contributed by atoms with Crippen LogP contribution in [0.1, 0.15) is 117 Å². The summed E-state index contributed by atoms with van der Waals surface area (Å²) in [4.78, 5) is 22.1. The Bertz CT molecular complexity index is 712. The zero-order chi connectivity index (χ0) is 29.6. The van der Waals surface area contributed by atoms with Crippen molar-refractivity contribution in [3.8, 4) is 0 Å². The third-order valence-electron chi connectivity index (χ3n) is 6.07. The normalized spacial score (nSPS) is 14.4. The Hall–Kier alpha value is -1.28. The van der Waals surface area contributed by atoms with Gasteiger partial charge in [0.2, 0.25) is 0 Å². The van der Waals surface area contributed by atoms with Gasteiger partial charge in [0, 0.05) is 19.6 Å². The molecule has 0 aliphatic carbocycles. The zero-order valence-corrected chi connectivity index (χ0v) is 26.2. The van der Waals surface area contributed by atoms with Crippen LogP contribution >= 0.6 is 7.82 Å². The Morgan fingerprint density at radius 3 is 2.10 bits per heavy atom. The highest BCUT2D eigenvalue weighted by Gasteiger charge is 2.25. The van der Waals surface area contributed by atoms with Gasteiger partial charge in [-0.1, -0.05) is 102 Å². The number of carbonyl (C=O) groups is 1. The number of nitrogens with two attached hydrogens (primary N) is 1. The summed E-state index contributed by atoms with van der Waals surface area (Å²) in [6.45, 7) is 4.70. The van der Waals surface area contributed by atoms with Crippen LogP contribution in [0.15, 0.2) is 36.5 Å². The van der Waals surface area contributed by atoms with E-state index in [-0.39, 0.29) is 32.3 Å². The molecule has 0 rings (SSSR count).